The summed E-state index contributed by atoms with van der Waals surface area (Å²) in [6.07, 6.45) is 0. The van der Waals surface area contributed by atoms with Crippen LogP contribution in [0.15, 0.2) is 42.5 Å². The molecule has 2 rings (SSSR count). The molecule has 0 unspecified atom stereocenters. The summed E-state index contributed by atoms with van der Waals surface area (Å²) in [6.45, 7) is 4.43. The van der Waals surface area contributed by atoms with Gasteiger partial charge in [-0.15, -0.1) is 0 Å². The SMILES string of the molecule is CC(C)NCc1cccc(F)c1Oc1ccccc1CO. The van der Waals surface area contributed by atoms with E-state index in [4.69, 9.17) is 4.74 Å². The van der Waals surface area contributed by atoms with Crippen molar-refractivity contribution >= 4 is 0 Å². The minimum atomic E-state index is -0.411. The van der Waals surface area contributed by atoms with Crippen LogP contribution in [0.25, 0.3) is 0 Å². The topological polar surface area (TPSA) is 41.5 Å². The zero-order chi connectivity index (χ0) is 15.2. The van der Waals surface area contributed by atoms with Gasteiger partial charge in [0.05, 0.1) is 6.61 Å². The van der Waals surface area contributed by atoms with Gasteiger partial charge in [-0.25, -0.2) is 4.39 Å². The van der Waals surface area contributed by atoms with Gasteiger partial charge in [-0.2, -0.15) is 0 Å². The maximum Gasteiger partial charge on any atom is 0.167 e. The van der Waals surface area contributed by atoms with Gasteiger partial charge >= 0.3 is 0 Å². The fourth-order valence-corrected chi connectivity index (χ4v) is 1.97. The molecule has 0 spiro atoms. The number of rotatable bonds is 6. The van der Waals surface area contributed by atoms with E-state index in [0.29, 0.717) is 23.9 Å². The molecule has 4 heteroatoms. The molecule has 21 heavy (non-hydrogen) atoms. The molecular weight excluding hydrogens is 269 g/mol. The second kappa shape index (κ2) is 7.20. The molecule has 0 fully saturated rings. The number of nitrogens with one attached hydrogen (secondary N) is 1. The second-order valence-electron chi connectivity index (χ2n) is 5.13. The summed E-state index contributed by atoms with van der Waals surface area (Å²) in [4.78, 5) is 0. The quantitative estimate of drug-likeness (QED) is 0.853. The molecule has 0 aromatic heterocycles. The van der Waals surface area contributed by atoms with E-state index in [1.165, 1.54) is 6.07 Å². The van der Waals surface area contributed by atoms with E-state index in [2.05, 4.69) is 5.32 Å². The molecule has 3 nitrogen and oxygen atoms in total. The van der Waals surface area contributed by atoms with Crippen LogP contribution >= 0.6 is 0 Å². The van der Waals surface area contributed by atoms with E-state index in [0.717, 1.165) is 5.56 Å². The third-order valence-electron chi connectivity index (χ3n) is 3.10. The summed E-state index contributed by atoms with van der Waals surface area (Å²) in [6, 6.07) is 12.2. The molecule has 0 heterocycles. The third-order valence-corrected chi connectivity index (χ3v) is 3.10. The van der Waals surface area contributed by atoms with Crippen LogP contribution in [0.1, 0.15) is 25.0 Å². The Labute approximate surface area is 124 Å². The van der Waals surface area contributed by atoms with Crippen molar-refractivity contribution in [2.45, 2.75) is 33.0 Å². The first-order valence-corrected chi connectivity index (χ1v) is 6.99. The highest BCUT2D eigenvalue weighted by molar-refractivity contribution is 5.42. The molecular formula is C17H20FNO2. The molecule has 0 aliphatic heterocycles. The van der Waals surface area contributed by atoms with Gasteiger partial charge in [-0.1, -0.05) is 44.2 Å². The van der Waals surface area contributed by atoms with Crippen LogP contribution in [0.2, 0.25) is 0 Å². The third kappa shape index (κ3) is 4.03. The van der Waals surface area contributed by atoms with Crippen LogP contribution in [0.3, 0.4) is 0 Å². The van der Waals surface area contributed by atoms with Crippen molar-refractivity contribution in [1.29, 1.82) is 0 Å². The normalized spacial score (nSPS) is 10.9. The van der Waals surface area contributed by atoms with E-state index in [9.17, 15) is 9.50 Å². The predicted molar refractivity (Wildman–Crippen MR) is 80.8 cm³/mol. The molecule has 2 aromatic carbocycles. The van der Waals surface area contributed by atoms with E-state index >= 15 is 0 Å². The lowest BCUT2D eigenvalue weighted by atomic mass is 10.1. The Balaban J connectivity index is 2.30. The van der Waals surface area contributed by atoms with Crippen LogP contribution < -0.4 is 10.1 Å². The monoisotopic (exact) mass is 289 g/mol. The summed E-state index contributed by atoms with van der Waals surface area (Å²) in [7, 11) is 0. The lowest BCUT2D eigenvalue weighted by Crippen LogP contribution is -2.22. The van der Waals surface area contributed by atoms with Crippen molar-refractivity contribution < 1.29 is 14.2 Å². The highest BCUT2D eigenvalue weighted by Crippen LogP contribution is 2.30. The van der Waals surface area contributed by atoms with Crippen LogP contribution in [-0.2, 0) is 13.2 Å². The minimum absolute atomic E-state index is 0.149. The van der Waals surface area contributed by atoms with Crippen molar-refractivity contribution in [2.24, 2.45) is 0 Å². The van der Waals surface area contributed by atoms with Gasteiger partial charge in [-0.3, -0.25) is 0 Å². The molecule has 0 saturated carbocycles. The Hall–Kier alpha value is -1.91. The molecule has 0 aliphatic rings. The van der Waals surface area contributed by atoms with Gasteiger partial charge in [0, 0.05) is 23.7 Å². The van der Waals surface area contributed by atoms with E-state index in [1.807, 2.05) is 19.9 Å². The standard InChI is InChI=1S/C17H20FNO2/c1-12(2)19-10-13-7-5-8-15(18)17(13)21-16-9-4-3-6-14(16)11-20/h3-9,12,19-20H,10-11H2,1-2H3. The van der Waals surface area contributed by atoms with Crippen molar-refractivity contribution in [1.82, 2.24) is 5.32 Å². The van der Waals surface area contributed by atoms with Crippen molar-refractivity contribution in [2.75, 3.05) is 0 Å². The highest BCUT2D eigenvalue weighted by Gasteiger charge is 2.13. The summed E-state index contributed by atoms with van der Waals surface area (Å²) in [5.41, 5.74) is 1.37. The molecule has 0 saturated heterocycles. The number of hydrogen-bond donors (Lipinski definition) is 2. The minimum Gasteiger partial charge on any atom is -0.454 e. The largest absolute Gasteiger partial charge is 0.454 e. The molecule has 112 valence electrons. The van der Waals surface area contributed by atoms with Crippen molar-refractivity contribution in [3.8, 4) is 11.5 Å². The van der Waals surface area contributed by atoms with Gasteiger partial charge in [0.2, 0.25) is 0 Å². The average molecular weight is 289 g/mol. The molecule has 0 radical (unpaired) electrons. The van der Waals surface area contributed by atoms with Gasteiger partial charge in [-0.05, 0) is 12.1 Å². The Morgan fingerprint density at radius 2 is 1.81 bits per heavy atom. The smallest absolute Gasteiger partial charge is 0.167 e. The molecule has 0 amide bonds. The number of halogens is 1. The number of para-hydroxylation sites is 2. The van der Waals surface area contributed by atoms with E-state index in [-0.39, 0.29) is 12.4 Å². The summed E-state index contributed by atoms with van der Waals surface area (Å²) >= 11 is 0. The maximum atomic E-state index is 14.1. The fourth-order valence-electron chi connectivity index (χ4n) is 1.97. The highest BCUT2D eigenvalue weighted by atomic mass is 19.1. The zero-order valence-electron chi connectivity index (χ0n) is 12.3. The Morgan fingerprint density at radius 1 is 1.10 bits per heavy atom. The van der Waals surface area contributed by atoms with Gasteiger partial charge < -0.3 is 15.2 Å². The first-order valence-electron chi connectivity index (χ1n) is 6.99. The second-order valence-corrected chi connectivity index (χ2v) is 5.13. The molecule has 0 atom stereocenters. The van der Waals surface area contributed by atoms with Crippen LogP contribution in [-0.4, -0.2) is 11.1 Å². The number of aliphatic hydroxyl groups excluding tert-OH is 1. The number of benzene rings is 2. The summed E-state index contributed by atoms with van der Waals surface area (Å²) < 4.78 is 19.8. The fraction of sp³-hybridized carbons (Fsp3) is 0.294. The molecule has 2 aromatic rings. The molecule has 2 N–H and O–H groups in total. The van der Waals surface area contributed by atoms with Gasteiger partial charge in [0.15, 0.2) is 11.6 Å². The van der Waals surface area contributed by atoms with E-state index in [1.54, 1.807) is 30.3 Å². The van der Waals surface area contributed by atoms with Gasteiger partial charge in [0.1, 0.15) is 5.75 Å². The Bertz CT molecular complexity index is 599. The first-order chi connectivity index (χ1) is 10.1. The van der Waals surface area contributed by atoms with Crippen molar-refractivity contribution in [3.05, 3.63) is 59.4 Å². The Morgan fingerprint density at radius 3 is 2.52 bits per heavy atom. The van der Waals surface area contributed by atoms with Crippen molar-refractivity contribution in [3.63, 3.8) is 0 Å². The van der Waals surface area contributed by atoms with Crippen LogP contribution in [0.4, 0.5) is 4.39 Å². The molecule has 0 bridgehead atoms. The number of ether oxygens (including phenoxy) is 1. The lowest BCUT2D eigenvalue weighted by Gasteiger charge is -2.15. The number of aliphatic hydroxyl groups is 1. The van der Waals surface area contributed by atoms with Gasteiger partial charge in [0.25, 0.3) is 0 Å². The predicted octanol–water partition coefficient (Wildman–Crippen LogP) is 3.61. The first kappa shape index (κ1) is 15.5. The zero-order valence-corrected chi connectivity index (χ0v) is 12.3. The van der Waals surface area contributed by atoms with Crippen LogP contribution in [0.5, 0.6) is 11.5 Å². The summed E-state index contributed by atoms with van der Waals surface area (Å²) in [5.74, 6) is 0.258. The average Bonchev–Trinajstić information content (AvgIpc) is 2.48. The maximum absolute atomic E-state index is 14.1. The van der Waals surface area contributed by atoms with Crippen LogP contribution in [0, 0.1) is 5.82 Å². The molecule has 0 aliphatic carbocycles. The summed E-state index contributed by atoms with van der Waals surface area (Å²) in [5, 5.41) is 12.6. The Kier molecular flexibility index (Phi) is 5.31. The lowest BCUT2D eigenvalue weighted by molar-refractivity contribution is 0.275. The van der Waals surface area contributed by atoms with E-state index < -0.39 is 5.82 Å². The number of hydrogen-bond acceptors (Lipinski definition) is 3.